The zero-order valence-electron chi connectivity index (χ0n) is 10.7. The molecule has 1 rings (SSSR count). The molecular formula is C15H21BrO. The van der Waals surface area contributed by atoms with Gasteiger partial charge in [-0.1, -0.05) is 47.5 Å². The predicted molar refractivity (Wildman–Crippen MR) is 78.9 cm³/mol. The van der Waals surface area contributed by atoms with Crippen LogP contribution in [0.4, 0.5) is 0 Å². The van der Waals surface area contributed by atoms with E-state index in [2.05, 4.69) is 41.1 Å². The van der Waals surface area contributed by atoms with Crippen molar-refractivity contribution in [3.8, 4) is 5.75 Å². The highest BCUT2D eigenvalue weighted by atomic mass is 79.9. The maximum Gasteiger partial charge on any atom is 0.118 e. The van der Waals surface area contributed by atoms with Gasteiger partial charge in [0.15, 0.2) is 0 Å². The predicted octanol–water partition coefficient (Wildman–Crippen LogP) is 5.05. The molecule has 0 aliphatic heterocycles. The van der Waals surface area contributed by atoms with Crippen LogP contribution in [0.25, 0.3) is 5.57 Å². The topological polar surface area (TPSA) is 9.23 Å². The van der Waals surface area contributed by atoms with Crippen LogP contribution in [0.2, 0.25) is 0 Å². The first kappa shape index (κ1) is 14.3. The average molecular weight is 297 g/mol. The summed E-state index contributed by atoms with van der Waals surface area (Å²) in [6.45, 7) is 2.23. The van der Waals surface area contributed by atoms with Crippen molar-refractivity contribution in [3.05, 3.63) is 35.9 Å². The second-order valence-electron chi connectivity index (χ2n) is 4.04. The highest BCUT2D eigenvalue weighted by molar-refractivity contribution is 9.09. The first-order valence-electron chi connectivity index (χ1n) is 6.21. The second-order valence-corrected chi connectivity index (χ2v) is 4.83. The van der Waals surface area contributed by atoms with E-state index < -0.39 is 0 Å². The first-order chi connectivity index (χ1) is 8.31. The Bertz CT molecular complexity index is 340. The zero-order chi connectivity index (χ0) is 12.5. The van der Waals surface area contributed by atoms with Crippen LogP contribution in [0.1, 0.15) is 38.2 Å². The van der Waals surface area contributed by atoms with Crippen LogP contribution in [-0.4, -0.2) is 12.4 Å². The van der Waals surface area contributed by atoms with Gasteiger partial charge in [-0.2, -0.15) is 0 Å². The normalized spacial score (nSPS) is 11.6. The van der Waals surface area contributed by atoms with Crippen LogP contribution in [0, 0.1) is 0 Å². The molecule has 0 saturated carbocycles. The lowest BCUT2D eigenvalue weighted by molar-refractivity contribution is 0.415. The van der Waals surface area contributed by atoms with E-state index in [9.17, 15) is 0 Å². The molecular weight excluding hydrogens is 276 g/mol. The number of hydrogen-bond acceptors (Lipinski definition) is 1. The summed E-state index contributed by atoms with van der Waals surface area (Å²) in [5, 5.41) is 1.03. The van der Waals surface area contributed by atoms with Crippen LogP contribution < -0.4 is 4.74 Å². The molecule has 94 valence electrons. The number of allylic oxidation sites excluding steroid dienone is 2. The maximum absolute atomic E-state index is 5.18. The van der Waals surface area contributed by atoms with Crippen molar-refractivity contribution in [2.45, 2.75) is 32.6 Å². The molecule has 2 heteroatoms. The lowest BCUT2D eigenvalue weighted by Gasteiger charge is -2.08. The van der Waals surface area contributed by atoms with Gasteiger partial charge in [-0.25, -0.2) is 0 Å². The number of alkyl halides is 1. The van der Waals surface area contributed by atoms with Gasteiger partial charge < -0.3 is 4.74 Å². The highest BCUT2D eigenvalue weighted by Gasteiger charge is 2.01. The SMILES string of the molecule is CCCC/C(=C\CCBr)c1ccc(OC)cc1. The lowest BCUT2D eigenvalue weighted by atomic mass is 9.99. The van der Waals surface area contributed by atoms with Crippen molar-refractivity contribution in [1.82, 2.24) is 0 Å². The van der Waals surface area contributed by atoms with Crippen molar-refractivity contribution in [2.75, 3.05) is 12.4 Å². The lowest BCUT2D eigenvalue weighted by Crippen LogP contribution is -1.88. The van der Waals surface area contributed by atoms with Gasteiger partial charge in [-0.15, -0.1) is 0 Å². The quantitative estimate of drug-likeness (QED) is 0.640. The summed E-state index contributed by atoms with van der Waals surface area (Å²) >= 11 is 3.48. The summed E-state index contributed by atoms with van der Waals surface area (Å²) in [7, 11) is 1.70. The van der Waals surface area contributed by atoms with Gasteiger partial charge >= 0.3 is 0 Å². The third kappa shape index (κ3) is 4.95. The minimum Gasteiger partial charge on any atom is -0.497 e. The molecule has 0 amide bonds. The van der Waals surface area contributed by atoms with Crippen LogP contribution in [0.3, 0.4) is 0 Å². The van der Waals surface area contributed by atoms with Crippen LogP contribution in [0.5, 0.6) is 5.75 Å². The molecule has 0 fully saturated rings. The summed E-state index contributed by atoms with van der Waals surface area (Å²) in [5.74, 6) is 0.920. The molecule has 0 aliphatic carbocycles. The smallest absolute Gasteiger partial charge is 0.118 e. The van der Waals surface area contributed by atoms with Gasteiger partial charge in [0, 0.05) is 5.33 Å². The minimum absolute atomic E-state index is 0.920. The Morgan fingerprint density at radius 2 is 2.00 bits per heavy atom. The first-order valence-corrected chi connectivity index (χ1v) is 7.33. The fourth-order valence-electron chi connectivity index (χ4n) is 1.77. The van der Waals surface area contributed by atoms with Gasteiger partial charge in [0.25, 0.3) is 0 Å². The summed E-state index contributed by atoms with van der Waals surface area (Å²) in [6, 6.07) is 8.36. The van der Waals surface area contributed by atoms with E-state index in [4.69, 9.17) is 4.74 Å². The van der Waals surface area contributed by atoms with E-state index in [1.807, 2.05) is 12.1 Å². The van der Waals surface area contributed by atoms with Crippen molar-refractivity contribution in [2.24, 2.45) is 0 Å². The van der Waals surface area contributed by atoms with E-state index >= 15 is 0 Å². The molecule has 0 saturated heterocycles. The van der Waals surface area contributed by atoms with Gasteiger partial charge in [0.2, 0.25) is 0 Å². The van der Waals surface area contributed by atoms with Gasteiger partial charge in [-0.05, 0) is 42.5 Å². The second kappa shape index (κ2) is 8.35. The fraction of sp³-hybridized carbons (Fsp3) is 0.467. The van der Waals surface area contributed by atoms with Crippen molar-refractivity contribution in [3.63, 3.8) is 0 Å². The molecule has 0 bridgehead atoms. The third-order valence-electron chi connectivity index (χ3n) is 2.76. The number of rotatable bonds is 7. The highest BCUT2D eigenvalue weighted by Crippen LogP contribution is 2.23. The Morgan fingerprint density at radius 1 is 1.29 bits per heavy atom. The molecule has 0 atom stereocenters. The molecule has 0 N–H and O–H groups in total. The molecule has 0 aliphatic rings. The number of benzene rings is 1. The summed E-state index contributed by atoms with van der Waals surface area (Å²) in [6.07, 6.45) is 7.08. The third-order valence-corrected chi connectivity index (χ3v) is 3.22. The Labute approximate surface area is 113 Å². The Balaban J connectivity index is 2.79. The molecule has 0 heterocycles. The number of hydrogen-bond donors (Lipinski definition) is 0. The van der Waals surface area contributed by atoms with Gasteiger partial charge in [0.05, 0.1) is 7.11 Å². The van der Waals surface area contributed by atoms with Crippen LogP contribution >= 0.6 is 15.9 Å². The van der Waals surface area contributed by atoms with Crippen LogP contribution in [-0.2, 0) is 0 Å². The van der Waals surface area contributed by atoms with E-state index in [-0.39, 0.29) is 0 Å². The van der Waals surface area contributed by atoms with E-state index in [1.165, 1.54) is 24.0 Å². The number of halogens is 1. The number of methoxy groups -OCH3 is 1. The molecule has 1 nitrogen and oxygen atoms in total. The largest absolute Gasteiger partial charge is 0.497 e. The molecule has 1 aromatic rings. The average Bonchev–Trinajstić information content (AvgIpc) is 2.39. The molecule has 0 aromatic heterocycles. The number of ether oxygens (including phenoxy) is 1. The van der Waals surface area contributed by atoms with E-state index in [1.54, 1.807) is 7.11 Å². The molecule has 1 aromatic carbocycles. The molecule has 0 spiro atoms. The Kier molecular flexibility index (Phi) is 7.02. The molecule has 17 heavy (non-hydrogen) atoms. The van der Waals surface area contributed by atoms with Crippen LogP contribution in [0.15, 0.2) is 30.3 Å². The van der Waals surface area contributed by atoms with Crippen molar-refractivity contribution in [1.29, 1.82) is 0 Å². The maximum atomic E-state index is 5.18. The summed E-state index contributed by atoms with van der Waals surface area (Å²) in [4.78, 5) is 0. The van der Waals surface area contributed by atoms with Crippen molar-refractivity contribution >= 4 is 21.5 Å². The Morgan fingerprint density at radius 3 is 2.53 bits per heavy atom. The fourth-order valence-corrected chi connectivity index (χ4v) is 1.99. The number of unbranched alkanes of at least 4 members (excludes halogenated alkanes) is 1. The van der Waals surface area contributed by atoms with Gasteiger partial charge in [0.1, 0.15) is 5.75 Å². The Hall–Kier alpha value is -0.760. The van der Waals surface area contributed by atoms with Gasteiger partial charge in [-0.3, -0.25) is 0 Å². The standard InChI is InChI=1S/C15H21BrO/c1-3-4-6-13(7-5-12-16)14-8-10-15(17-2)11-9-14/h7-11H,3-6,12H2,1-2H3/b13-7+. The minimum atomic E-state index is 0.920. The van der Waals surface area contributed by atoms with E-state index in [0.29, 0.717) is 0 Å². The summed E-state index contributed by atoms with van der Waals surface area (Å²) in [5.41, 5.74) is 2.77. The monoisotopic (exact) mass is 296 g/mol. The summed E-state index contributed by atoms with van der Waals surface area (Å²) < 4.78 is 5.18. The molecule has 0 radical (unpaired) electrons. The van der Waals surface area contributed by atoms with Crippen molar-refractivity contribution < 1.29 is 4.74 Å². The molecule has 0 unspecified atom stereocenters. The zero-order valence-corrected chi connectivity index (χ0v) is 12.3. The van der Waals surface area contributed by atoms with E-state index in [0.717, 1.165) is 23.9 Å².